The quantitative estimate of drug-likeness (QED) is 0.571. The molecule has 1 aliphatic rings. The Morgan fingerprint density at radius 2 is 1.80 bits per heavy atom. The third-order valence-electron chi connectivity index (χ3n) is 5.70. The Morgan fingerprint density at radius 3 is 2.43 bits per heavy atom. The maximum Gasteiger partial charge on any atom is 0.251 e. The Morgan fingerprint density at radius 1 is 1.07 bits per heavy atom. The van der Waals surface area contributed by atoms with Crippen LogP contribution in [0, 0.1) is 0 Å². The van der Waals surface area contributed by atoms with Crippen molar-refractivity contribution in [3.63, 3.8) is 0 Å². The zero-order valence-electron chi connectivity index (χ0n) is 18.3. The molecule has 0 spiro atoms. The molecule has 1 unspecified atom stereocenters. The van der Waals surface area contributed by atoms with Crippen molar-refractivity contribution >= 4 is 11.9 Å². The molecule has 0 aromatic heterocycles. The molecule has 0 saturated carbocycles. The fourth-order valence-corrected chi connectivity index (χ4v) is 4.11. The number of guanidine groups is 1. The van der Waals surface area contributed by atoms with Crippen molar-refractivity contribution in [2.45, 2.75) is 25.9 Å². The van der Waals surface area contributed by atoms with Crippen molar-refractivity contribution in [1.29, 1.82) is 0 Å². The maximum atomic E-state index is 11.9. The first kappa shape index (κ1) is 21.8. The highest BCUT2D eigenvalue weighted by Crippen LogP contribution is 2.25. The zero-order chi connectivity index (χ0) is 21.3. The standard InChI is InChI=1S/C24H33N5O/c1-4-22(20-10-6-5-7-11-20)28-13-15-29(16-14-28)24(26-3)27-18-19-9-8-12-21(17-19)23(30)25-2/h5-12,17,22H,4,13-16,18H2,1-3H3,(H,25,30)(H,26,27). The van der Waals surface area contributed by atoms with E-state index in [1.54, 1.807) is 7.05 Å². The van der Waals surface area contributed by atoms with E-state index in [-0.39, 0.29) is 5.91 Å². The Kier molecular flexibility index (Phi) is 7.85. The van der Waals surface area contributed by atoms with Gasteiger partial charge in [0.2, 0.25) is 0 Å². The Hall–Kier alpha value is -2.86. The van der Waals surface area contributed by atoms with Crippen LogP contribution in [-0.4, -0.2) is 61.9 Å². The molecule has 0 bridgehead atoms. The predicted molar refractivity (Wildman–Crippen MR) is 123 cm³/mol. The molecular weight excluding hydrogens is 374 g/mol. The highest BCUT2D eigenvalue weighted by atomic mass is 16.1. The molecule has 1 atom stereocenters. The average Bonchev–Trinajstić information content (AvgIpc) is 2.81. The van der Waals surface area contributed by atoms with Crippen LogP contribution in [0.2, 0.25) is 0 Å². The van der Waals surface area contributed by atoms with Gasteiger partial charge in [0.1, 0.15) is 0 Å². The summed E-state index contributed by atoms with van der Waals surface area (Å²) in [6.45, 7) is 6.82. The second-order valence-electron chi connectivity index (χ2n) is 7.54. The van der Waals surface area contributed by atoms with Crippen molar-refractivity contribution in [2.24, 2.45) is 4.99 Å². The third-order valence-corrected chi connectivity index (χ3v) is 5.70. The van der Waals surface area contributed by atoms with E-state index in [9.17, 15) is 4.79 Å². The summed E-state index contributed by atoms with van der Waals surface area (Å²) in [5.74, 6) is 0.842. The minimum Gasteiger partial charge on any atom is -0.355 e. The van der Waals surface area contributed by atoms with Crippen molar-refractivity contribution in [3.8, 4) is 0 Å². The lowest BCUT2D eigenvalue weighted by atomic mass is 10.0. The topological polar surface area (TPSA) is 60.0 Å². The van der Waals surface area contributed by atoms with Crippen LogP contribution in [0.4, 0.5) is 0 Å². The molecule has 1 aliphatic heterocycles. The highest BCUT2D eigenvalue weighted by molar-refractivity contribution is 5.94. The van der Waals surface area contributed by atoms with E-state index in [0.717, 1.165) is 44.1 Å². The minimum absolute atomic E-state index is 0.0683. The van der Waals surface area contributed by atoms with Gasteiger partial charge in [-0.2, -0.15) is 0 Å². The van der Waals surface area contributed by atoms with Crippen LogP contribution in [0.15, 0.2) is 59.6 Å². The van der Waals surface area contributed by atoms with E-state index < -0.39 is 0 Å². The number of hydrogen-bond donors (Lipinski definition) is 2. The fraction of sp³-hybridized carbons (Fsp3) is 0.417. The van der Waals surface area contributed by atoms with Crippen molar-refractivity contribution < 1.29 is 4.79 Å². The molecule has 30 heavy (non-hydrogen) atoms. The maximum absolute atomic E-state index is 11.9. The number of hydrogen-bond acceptors (Lipinski definition) is 3. The molecule has 1 amide bonds. The smallest absolute Gasteiger partial charge is 0.251 e. The van der Waals surface area contributed by atoms with Crippen LogP contribution in [0.3, 0.4) is 0 Å². The van der Waals surface area contributed by atoms with E-state index in [1.165, 1.54) is 5.56 Å². The summed E-state index contributed by atoms with van der Waals surface area (Å²) in [7, 11) is 3.48. The van der Waals surface area contributed by atoms with Crippen LogP contribution in [0.1, 0.15) is 40.9 Å². The molecule has 6 nitrogen and oxygen atoms in total. The summed E-state index contributed by atoms with van der Waals surface area (Å²) >= 11 is 0. The fourth-order valence-electron chi connectivity index (χ4n) is 4.11. The van der Waals surface area contributed by atoms with E-state index in [4.69, 9.17) is 0 Å². The molecule has 2 N–H and O–H groups in total. The first-order valence-corrected chi connectivity index (χ1v) is 10.7. The lowest BCUT2D eigenvalue weighted by Gasteiger charge is -2.40. The van der Waals surface area contributed by atoms with Crippen LogP contribution >= 0.6 is 0 Å². The second-order valence-corrected chi connectivity index (χ2v) is 7.54. The van der Waals surface area contributed by atoms with E-state index in [0.29, 0.717) is 18.2 Å². The van der Waals surface area contributed by atoms with Gasteiger partial charge in [0.25, 0.3) is 5.91 Å². The normalized spacial score (nSPS) is 16.2. The number of piperazine rings is 1. The molecule has 0 radical (unpaired) electrons. The second kappa shape index (κ2) is 10.8. The average molecular weight is 408 g/mol. The van der Waals surface area contributed by atoms with Gasteiger partial charge in [0.15, 0.2) is 5.96 Å². The molecule has 2 aromatic carbocycles. The van der Waals surface area contributed by atoms with Crippen LogP contribution in [0.25, 0.3) is 0 Å². The Balaban J connectivity index is 1.56. The van der Waals surface area contributed by atoms with E-state index in [1.807, 2.05) is 31.3 Å². The Bertz CT molecular complexity index is 844. The van der Waals surface area contributed by atoms with Gasteiger partial charge in [-0.1, -0.05) is 49.4 Å². The lowest BCUT2D eigenvalue weighted by Crippen LogP contribution is -2.52. The number of rotatable bonds is 6. The summed E-state index contributed by atoms with van der Waals surface area (Å²) in [6.07, 6.45) is 1.11. The monoisotopic (exact) mass is 407 g/mol. The molecule has 3 rings (SSSR count). The first-order chi connectivity index (χ1) is 14.7. The predicted octanol–water partition coefficient (Wildman–Crippen LogP) is 2.89. The van der Waals surface area contributed by atoms with Gasteiger partial charge in [0, 0.05) is 58.4 Å². The number of carbonyl (C=O) groups excluding carboxylic acids is 1. The van der Waals surface area contributed by atoms with Gasteiger partial charge in [-0.15, -0.1) is 0 Å². The van der Waals surface area contributed by atoms with Crippen LogP contribution in [0.5, 0.6) is 0 Å². The summed E-state index contributed by atoms with van der Waals surface area (Å²) in [6, 6.07) is 18.9. The summed E-state index contributed by atoms with van der Waals surface area (Å²) in [5, 5.41) is 6.13. The number of nitrogens with zero attached hydrogens (tertiary/aromatic N) is 3. The number of carbonyl (C=O) groups is 1. The molecule has 1 saturated heterocycles. The van der Waals surface area contributed by atoms with E-state index >= 15 is 0 Å². The molecule has 0 aliphatic carbocycles. The van der Waals surface area contributed by atoms with E-state index in [2.05, 4.69) is 62.7 Å². The van der Waals surface area contributed by atoms with Crippen molar-refractivity contribution in [1.82, 2.24) is 20.4 Å². The molecule has 6 heteroatoms. The van der Waals surface area contributed by atoms with Gasteiger partial charge >= 0.3 is 0 Å². The number of nitrogens with one attached hydrogen (secondary N) is 2. The summed E-state index contributed by atoms with van der Waals surface area (Å²) in [4.78, 5) is 21.2. The lowest BCUT2D eigenvalue weighted by molar-refractivity contribution is 0.0963. The van der Waals surface area contributed by atoms with Gasteiger partial charge in [-0.25, -0.2) is 0 Å². The minimum atomic E-state index is -0.0683. The van der Waals surface area contributed by atoms with Crippen LogP contribution in [-0.2, 0) is 6.54 Å². The number of amides is 1. The largest absolute Gasteiger partial charge is 0.355 e. The molecular formula is C24H33N5O. The Labute approximate surface area is 180 Å². The molecule has 1 heterocycles. The van der Waals surface area contributed by atoms with Crippen molar-refractivity contribution in [2.75, 3.05) is 40.3 Å². The third kappa shape index (κ3) is 5.39. The summed E-state index contributed by atoms with van der Waals surface area (Å²) in [5.41, 5.74) is 3.13. The van der Waals surface area contributed by atoms with Gasteiger partial charge in [-0.3, -0.25) is 14.7 Å². The van der Waals surface area contributed by atoms with Crippen molar-refractivity contribution in [3.05, 3.63) is 71.3 Å². The SMILES string of the molecule is CCC(c1ccccc1)N1CCN(C(=NC)NCc2cccc(C(=O)NC)c2)CC1. The molecule has 2 aromatic rings. The number of aliphatic imine (C=N–C) groups is 1. The van der Waals surface area contributed by atoms with Gasteiger partial charge < -0.3 is 15.5 Å². The van der Waals surface area contributed by atoms with Gasteiger partial charge in [0.05, 0.1) is 0 Å². The van der Waals surface area contributed by atoms with Crippen LogP contribution < -0.4 is 10.6 Å². The molecule has 160 valence electrons. The zero-order valence-corrected chi connectivity index (χ0v) is 18.3. The van der Waals surface area contributed by atoms with Gasteiger partial charge in [-0.05, 0) is 29.7 Å². The number of benzene rings is 2. The highest BCUT2D eigenvalue weighted by Gasteiger charge is 2.25. The molecule has 1 fully saturated rings. The first-order valence-electron chi connectivity index (χ1n) is 10.7. The summed E-state index contributed by atoms with van der Waals surface area (Å²) < 4.78 is 0.